The van der Waals surface area contributed by atoms with Gasteiger partial charge in [0.05, 0.1) is 0 Å². The first-order chi connectivity index (χ1) is 11.2. The molecule has 23 heavy (non-hydrogen) atoms. The van der Waals surface area contributed by atoms with Crippen molar-refractivity contribution in [2.75, 3.05) is 23.0 Å². The zero-order chi connectivity index (χ0) is 16.3. The molecule has 0 aliphatic rings. The van der Waals surface area contributed by atoms with Crippen LogP contribution < -0.4 is 0 Å². The second-order valence-electron chi connectivity index (χ2n) is 5.00. The lowest BCUT2D eigenvalue weighted by Crippen LogP contribution is -1.89. The Morgan fingerprint density at radius 1 is 0.565 bits per heavy atom. The number of aromatic hydroxyl groups is 2. The second kappa shape index (κ2) is 10.8. The van der Waals surface area contributed by atoms with E-state index in [0.717, 1.165) is 11.5 Å². The van der Waals surface area contributed by atoms with E-state index >= 15 is 0 Å². The fourth-order valence-corrected chi connectivity index (χ4v) is 4.86. The maximum atomic E-state index is 9.23. The van der Waals surface area contributed by atoms with Gasteiger partial charge in [0.25, 0.3) is 0 Å². The Morgan fingerprint density at radius 3 is 1.35 bits per heavy atom. The van der Waals surface area contributed by atoms with Crippen LogP contribution in [0.25, 0.3) is 0 Å². The number of benzene rings is 2. The average Bonchev–Trinajstić information content (AvgIpc) is 2.56. The van der Waals surface area contributed by atoms with E-state index in [9.17, 15) is 10.2 Å². The standard InChI is InChI=1S/C18H22O2S3/c19-15-3-7-17(8-4-15)22-13-1-11-21-12-2-14-23-18-9-5-16(20)6-10-18/h3-10,19-20H,1-2,11-14H2. The van der Waals surface area contributed by atoms with Crippen LogP contribution in [0.3, 0.4) is 0 Å². The molecule has 0 bridgehead atoms. The lowest BCUT2D eigenvalue weighted by Gasteiger charge is -2.04. The molecule has 0 heterocycles. The molecule has 2 N–H and O–H groups in total. The maximum Gasteiger partial charge on any atom is 0.115 e. The first-order valence-corrected chi connectivity index (χ1v) is 10.8. The van der Waals surface area contributed by atoms with Crippen molar-refractivity contribution in [3.8, 4) is 11.5 Å². The van der Waals surface area contributed by atoms with E-state index in [1.54, 1.807) is 24.3 Å². The zero-order valence-electron chi connectivity index (χ0n) is 13.0. The first kappa shape index (κ1) is 18.4. The van der Waals surface area contributed by atoms with Gasteiger partial charge in [-0.2, -0.15) is 11.8 Å². The molecule has 2 aromatic carbocycles. The Bertz CT molecular complexity index is 504. The minimum atomic E-state index is 0.329. The molecule has 0 radical (unpaired) electrons. The summed E-state index contributed by atoms with van der Waals surface area (Å²) in [6.07, 6.45) is 2.42. The summed E-state index contributed by atoms with van der Waals surface area (Å²) in [4.78, 5) is 2.44. The van der Waals surface area contributed by atoms with Crippen LogP contribution >= 0.6 is 35.3 Å². The van der Waals surface area contributed by atoms with Crippen molar-refractivity contribution in [3.63, 3.8) is 0 Å². The second-order valence-corrected chi connectivity index (χ2v) is 8.57. The lowest BCUT2D eigenvalue weighted by molar-refractivity contribution is 0.474. The van der Waals surface area contributed by atoms with E-state index in [1.807, 2.05) is 59.6 Å². The SMILES string of the molecule is Oc1ccc(SCCCSCCCSc2ccc(O)cc2)cc1. The summed E-state index contributed by atoms with van der Waals surface area (Å²) in [5, 5.41) is 18.5. The van der Waals surface area contributed by atoms with Gasteiger partial charge in [-0.1, -0.05) is 0 Å². The normalized spacial score (nSPS) is 10.8. The van der Waals surface area contributed by atoms with Crippen molar-refractivity contribution < 1.29 is 10.2 Å². The molecular formula is C18H22O2S3. The van der Waals surface area contributed by atoms with Gasteiger partial charge in [-0.25, -0.2) is 0 Å². The largest absolute Gasteiger partial charge is 0.508 e. The summed E-state index contributed by atoms with van der Waals surface area (Å²) in [7, 11) is 0. The summed E-state index contributed by atoms with van der Waals surface area (Å²) < 4.78 is 0. The van der Waals surface area contributed by atoms with Gasteiger partial charge < -0.3 is 10.2 Å². The minimum absolute atomic E-state index is 0.329. The van der Waals surface area contributed by atoms with Crippen LogP contribution in [0.15, 0.2) is 58.3 Å². The molecule has 0 aromatic heterocycles. The lowest BCUT2D eigenvalue weighted by atomic mass is 10.3. The molecule has 0 atom stereocenters. The highest BCUT2D eigenvalue weighted by Crippen LogP contribution is 2.23. The van der Waals surface area contributed by atoms with Crippen LogP contribution in [-0.2, 0) is 0 Å². The molecule has 2 nitrogen and oxygen atoms in total. The average molecular weight is 367 g/mol. The predicted octanol–water partition coefficient (Wildman–Crippen LogP) is 5.50. The van der Waals surface area contributed by atoms with E-state index in [1.165, 1.54) is 34.1 Å². The summed E-state index contributed by atoms with van der Waals surface area (Å²) in [5.74, 6) is 5.31. The topological polar surface area (TPSA) is 40.5 Å². The van der Waals surface area contributed by atoms with E-state index in [-0.39, 0.29) is 0 Å². The third kappa shape index (κ3) is 7.95. The monoisotopic (exact) mass is 366 g/mol. The van der Waals surface area contributed by atoms with Gasteiger partial charge in [-0.05, 0) is 84.4 Å². The summed E-state index contributed by atoms with van der Waals surface area (Å²) in [5.41, 5.74) is 0. The Kier molecular flexibility index (Phi) is 8.64. The van der Waals surface area contributed by atoms with Crippen molar-refractivity contribution in [2.45, 2.75) is 22.6 Å². The predicted molar refractivity (Wildman–Crippen MR) is 104 cm³/mol. The van der Waals surface area contributed by atoms with E-state index in [2.05, 4.69) is 0 Å². The molecule has 0 unspecified atom stereocenters. The van der Waals surface area contributed by atoms with Gasteiger partial charge in [-0.3, -0.25) is 0 Å². The molecule has 0 spiro atoms. The highest BCUT2D eigenvalue weighted by Gasteiger charge is 1.97. The molecule has 2 aromatic rings. The Balaban J connectivity index is 1.43. The molecule has 0 aliphatic heterocycles. The van der Waals surface area contributed by atoms with Gasteiger partial charge in [0, 0.05) is 9.79 Å². The minimum Gasteiger partial charge on any atom is -0.508 e. The summed E-state index contributed by atoms with van der Waals surface area (Å²) in [6, 6.07) is 14.8. The van der Waals surface area contributed by atoms with Crippen LogP contribution in [-0.4, -0.2) is 33.2 Å². The smallest absolute Gasteiger partial charge is 0.115 e. The number of hydrogen-bond donors (Lipinski definition) is 2. The van der Waals surface area contributed by atoms with Crippen LogP contribution in [0.2, 0.25) is 0 Å². The highest BCUT2D eigenvalue weighted by atomic mass is 32.2. The van der Waals surface area contributed by atoms with Crippen molar-refractivity contribution in [1.82, 2.24) is 0 Å². The molecule has 0 fully saturated rings. The van der Waals surface area contributed by atoms with Crippen LogP contribution in [0.1, 0.15) is 12.8 Å². The number of phenolic OH excluding ortho intramolecular Hbond substituents is 2. The fraction of sp³-hybridized carbons (Fsp3) is 0.333. The Morgan fingerprint density at radius 2 is 0.957 bits per heavy atom. The Hall–Kier alpha value is -0.910. The number of phenols is 2. The fourth-order valence-electron chi connectivity index (χ4n) is 1.89. The van der Waals surface area contributed by atoms with Gasteiger partial charge in [-0.15, -0.1) is 23.5 Å². The molecule has 5 heteroatoms. The highest BCUT2D eigenvalue weighted by molar-refractivity contribution is 8.00. The third-order valence-corrected chi connectivity index (χ3v) is 6.43. The van der Waals surface area contributed by atoms with Crippen molar-refractivity contribution in [2.24, 2.45) is 0 Å². The van der Waals surface area contributed by atoms with Gasteiger partial charge in [0.2, 0.25) is 0 Å². The van der Waals surface area contributed by atoms with Gasteiger partial charge in [0.15, 0.2) is 0 Å². The van der Waals surface area contributed by atoms with Gasteiger partial charge in [0.1, 0.15) is 11.5 Å². The van der Waals surface area contributed by atoms with E-state index < -0.39 is 0 Å². The maximum absolute atomic E-state index is 9.23. The number of hydrogen-bond acceptors (Lipinski definition) is 5. The zero-order valence-corrected chi connectivity index (χ0v) is 15.4. The van der Waals surface area contributed by atoms with E-state index in [0.29, 0.717) is 11.5 Å². The van der Waals surface area contributed by atoms with E-state index in [4.69, 9.17) is 0 Å². The summed E-state index contributed by atoms with van der Waals surface area (Å²) in [6.45, 7) is 0. The van der Waals surface area contributed by atoms with Gasteiger partial charge >= 0.3 is 0 Å². The molecule has 2 rings (SSSR count). The quantitative estimate of drug-likeness (QED) is 0.429. The molecule has 124 valence electrons. The molecular weight excluding hydrogens is 344 g/mol. The van der Waals surface area contributed by atoms with Crippen LogP contribution in [0.5, 0.6) is 11.5 Å². The molecule has 0 saturated carbocycles. The molecule has 0 amide bonds. The Labute approximate surface area is 151 Å². The van der Waals surface area contributed by atoms with Crippen molar-refractivity contribution in [3.05, 3.63) is 48.5 Å². The molecule has 0 aliphatic carbocycles. The number of thioether (sulfide) groups is 3. The summed E-state index contributed by atoms with van der Waals surface area (Å²) >= 11 is 5.72. The third-order valence-electron chi connectivity index (χ3n) is 3.08. The first-order valence-electron chi connectivity index (χ1n) is 7.65. The molecule has 0 saturated heterocycles. The van der Waals surface area contributed by atoms with Crippen LogP contribution in [0, 0.1) is 0 Å². The number of rotatable bonds is 10. The van der Waals surface area contributed by atoms with Crippen LogP contribution in [0.4, 0.5) is 0 Å². The van der Waals surface area contributed by atoms with Crippen molar-refractivity contribution >= 4 is 35.3 Å². The van der Waals surface area contributed by atoms with Crippen molar-refractivity contribution in [1.29, 1.82) is 0 Å².